The molecule has 0 amide bonds. The summed E-state index contributed by atoms with van der Waals surface area (Å²) in [4.78, 5) is 0. The van der Waals surface area contributed by atoms with Gasteiger partial charge in [0, 0.05) is 18.4 Å². The van der Waals surface area contributed by atoms with Crippen LogP contribution in [0.5, 0.6) is 0 Å². The molecule has 0 aromatic carbocycles. The molecule has 0 radical (unpaired) electrons. The Morgan fingerprint density at radius 1 is 1.50 bits per heavy atom. The Morgan fingerprint density at radius 3 is 2.75 bits per heavy atom. The van der Waals surface area contributed by atoms with E-state index in [0.717, 1.165) is 0 Å². The van der Waals surface area contributed by atoms with E-state index in [0.29, 0.717) is 13.0 Å². The Balaban J connectivity index is 2.20. The molecule has 2 aliphatic rings. The summed E-state index contributed by atoms with van der Waals surface area (Å²) in [7, 11) is -4.35. The molecular formula is C7H11FO3S. The van der Waals surface area contributed by atoms with Gasteiger partial charge in [-0.05, 0) is 6.42 Å². The second-order valence-electron chi connectivity index (χ2n) is 3.59. The van der Waals surface area contributed by atoms with E-state index in [1.165, 1.54) is 0 Å². The average Bonchev–Trinajstić information content (AvgIpc) is 2.27. The van der Waals surface area contributed by atoms with Crippen molar-refractivity contribution in [3.05, 3.63) is 0 Å². The number of fused-ring (bicyclic) bond motifs is 1. The molecule has 0 spiro atoms. The van der Waals surface area contributed by atoms with Gasteiger partial charge in [-0.2, -0.15) is 8.42 Å². The zero-order chi connectivity index (χ0) is 8.93. The van der Waals surface area contributed by atoms with E-state index in [2.05, 4.69) is 0 Å². The SMILES string of the molecule is CC1C2OCCC2C1S(=O)(=O)F. The van der Waals surface area contributed by atoms with E-state index in [1.807, 2.05) is 0 Å². The first-order chi connectivity index (χ1) is 5.52. The smallest absolute Gasteiger partial charge is 0.306 e. The Hall–Kier alpha value is -0.160. The molecule has 1 heterocycles. The van der Waals surface area contributed by atoms with Crippen LogP contribution in [0.4, 0.5) is 3.89 Å². The van der Waals surface area contributed by atoms with Gasteiger partial charge in [0.2, 0.25) is 0 Å². The van der Waals surface area contributed by atoms with Crippen LogP contribution in [0.3, 0.4) is 0 Å². The number of hydrogen-bond acceptors (Lipinski definition) is 3. The molecule has 1 aliphatic carbocycles. The Bertz CT molecular complexity index is 287. The predicted octanol–water partition coefficient (Wildman–Crippen LogP) is 0.709. The second-order valence-corrected chi connectivity index (χ2v) is 5.08. The van der Waals surface area contributed by atoms with Crippen molar-refractivity contribution in [2.24, 2.45) is 11.8 Å². The van der Waals surface area contributed by atoms with E-state index in [4.69, 9.17) is 4.74 Å². The first-order valence-corrected chi connectivity index (χ1v) is 5.51. The van der Waals surface area contributed by atoms with Gasteiger partial charge in [0.15, 0.2) is 0 Å². The zero-order valence-electron chi connectivity index (χ0n) is 6.73. The van der Waals surface area contributed by atoms with Crippen LogP contribution in [0.15, 0.2) is 0 Å². The van der Waals surface area contributed by atoms with E-state index < -0.39 is 15.5 Å². The van der Waals surface area contributed by atoms with Crippen LogP contribution in [0, 0.1) is 11.8 Å². The van der Waals surface area contributed by atoms with Crippen LogP contribution in [0.1, 0.15) is 13.3 Å². The fraction of sp³-hybridized carbons (Fsp3) is 1.00. The lowest BCUT2D eigenvalue weighted by Gasteiger charge is -2.42. The molecular weight excluding hydrogens is 183 g/mol. The highest BCUT2D eigenvalue weighted by atomic mass is 32.3. The molecule has 1 saturated heterocycles. The van der Waals surface area contributed by atoms with E-state index >= 15 is 0 Å². The summed E-state index contributed by atoms with van der Waals surface area (Å²) in [5, 5.41) is -0.801. The van der Waals surface area contributed by atoms with Gasteiger partial charge in [-0.15, -0.1) is 3.89 Å². The van der Waals surface area contributed by atoms with E-state index in [9.17, 15) is 12.3 Å². The summed E-state index contributed by atoms with van der Waals surface area (Å²) < 4.78 is 39.2. The Kier molecular flexibility index (Phi) is 1.70. The molecule has 5 heteroatoms. The molecule has 4 unspecified atom stereocenters. The van der Waals surface area contributed by atoms with Crippen molar-refractivity contribution < 1.29 is 17.0 Å². The van der Waals surface area contributed by atoms with Gasteiger partial charge in [0.05, 0.1) is 6.10 Å². The van der Waals surface area contributed by atoms with Crippen LogP contribution < -0.4 is 0 Å². The van der Waals surface area contributed by atoms with Crippen molar-refractivity contribution >= 4 is 10.2 Å². The van der Waals surface area contributed by atoms with Gasteiger partial charge in [-0.1, -0.05) is 6.92 Å². The van der Waals surface area contributed by atoms with Gasteiger partial charge in [0.25, 0.3) is 0 Å². The maximum atomic E-state index is 12.6. The molecule has 2 rings (SSSR count). The van der Waals surface area contributed by atoms with Gasteiger partial charge in [-0.3, -0.25) is 0 Å². The molecule has 70 valence electrons. The third-order valence-corrected chi connectivity index (χ3v) is 4.40. The summed E-state index contributed by atoms with van der Waals surface area (Å²) >= 11 is 0. The number of halogens is 1. The first kappa shape index (κ1) is 8.44. The molecule has 0 aromatic heterocycles. The van der Waals surface area contributed by atoms with Crippen LogP contribution in [-0.2, 0) is 15.0 Å². The Labute approximate surface area is 71.1 Å². The third kappa shape index (κ3) is 0.992. The molecule has 4 atom stereocenters. The van der Waals surface area contributed by atoms with Crippen molar-refractivity contribution in [3.63, 3.8) is 0 Å². The number of hydrogen-bond donors (Lipinski definition) is 0. The minimum Gasteiger partial charge on any atom is -0.378 e. The minimum atomic E-state index is -4.35. The third-order valence-electron chi connectivity index (χ3n) is 2.97. The van der Waals surface area contributed by atoms with E-state index in [-0.39, 0.29) is 17.9 Å². The summed E-state index contributed by atoms with van der Waals surface area (Å²) in [5.41, 5.74) is 0. The lowest BCUT2D eigenvalue weighted by molar-refractivity contribution is -0.0142. The van der Waals surface area contributed by atoms with Crippen molar-refractivity contribution in [2.45, 2.75) is 24.7 Å². The molecule has 0 N–H and O–H groups in total. The second kappa shape index (κ2) is 2.42. The standard InChI is InChI=1S/C7H11FO3S/c1-4-6-5(2-3-11-6)7(4)12(8,9)10/h4-7H,2-3H2,1H3. The predicted molar refractivity (Wildman–Crippen MR) is 40.8 cm³/mol. The summed E-state index contributed by atoms with van der Waals surface area (Å²) in [6, 6.07) is 0. The van der Waals surface area contributed by atoms with Gasteiger partial charge < -0.3 is 4.74 Å². The molecule has 1 aliphatic heterocycles. The van der Waals surface area contributed by atoms with Crippen molar-refractivity contribution in [1.82, 2.24) is 0 Å². The molecule has 2 fully saturated rings. The molecule has 1 saturated carbocycles. The summed E-state index contributed by atoms with van der Waals surface area (Å²) in [6.07, 6.45) is 0.670. The van der Waals surface area contributed by atoms with E-state index in [1.54, 1.807) is 6.92 Å². The summed E-state index contributed by atoms with van der Waals surface area (Å²) in [5.74, 6) is -0.262. The van der Waals surface area contributed by atoms with Gasteiger partial charge in [0.1, 0.15) is 5.25 Å². The van der Waals surface area contributed by atoms with Crippen LogP contribution in [0.2, 0.25) is 0 Å². The first-order valence-electron chi connectivity index (χ1n) is 4.07. The van der Waals surface area contributed by atoms with Crippen molar-refractivity contribution in [2.75, 3.05) is 6.61 Å². The number of ether oxygens (including phenoxy) is 1. The lowest BCUT2D eigenvalue weighted by atomic mass is 9.72. The topological polar surface area (TPSA) is 43.4 Å². The van der Waals surface area contributed by atoms with Gasteiger partial charge >= 0.3 is 10.2 Å². The molecule has 0 aromatic rings. The molecule has 12 heavy (non-hydrogen) atoms. The normalized spacial score (nSPS) is 46.8. The molecule has 0 bridgehead atoms. The highest BCUT2D eigenvalue weighted by Gasteiger charge is 2.57. The lowest BCUT2D eigenvalue weighted by Crippen LogP contribution is -2.54. The van der Waals surface area contributed by atoms with Gasteiger partial charge in [-0.25, -0.2) is 0 Å². The zero-order valence-corrected chi connectivity index (χ0v) is 7.55. The molecule has 3 nitrogen and oxygen atoms in total. The maximum Gasteiger partial charge on any atom is 0.306 e. The fourth-order valence-electron chi connectivity index (χ4n) is 2.42. The van der Waals surface area contributed by atoms with Crippen molar-refractivity contribution in [3.8, 4) is 0 Å². The Morgan fingerprint density at radius 2 is 2.17 bits per heavy atom. The minimum absolute atomic E-state index is 0.0134. The fourth-order valence-corrected chi connectivity index (χ4v) is 3.79. The average molecular weight is 194 g/mol. The van der Waals surface area contributed by atoms with Crippen LogP contribution in [-0.4, -0.2) is 26.4 Å². The number of rotatable bonds is 1. The summed E-state index contributed by atoms with van der Waals surface area (Å²) in [6.45, 7) is 2.31. The quantitative estimate of drug-likeness (QED) is 0.577. The van der Waals surface area contributed by atoms with Crippen LogP contribution in [0.25, 0.3) is 0 Å². The monoisotopic (exact) mass is 194 g/mol. The maximum absolute atomic E-state index is 12.6. The van der Waals surface area contributed by atoms with Crippen molar-refractivity contribution in [1.29, 1.82) is 0 Å². The largest absolute Gasteiger partial charge is 0.378 e. The van der Waals surface area contributed by atoms with Crippen LogP contribution >= 0.6 is 0 Å². The highest BCUT2D eigenvalue weighted by Crippen LogP contribution is 2.47. The highest BCUT2D eigenvalue weighted by molar-refractivity contribution is 7.87.